The second kappa shape index (κ2) is 5.73. The van der Waals surface area contributed by atoms with E-state index in [1.807, 2.05) is 0 Å². The number of hydrogen-bond donors (Lipinski definition) is 0. The number of benzene rings is 1. The van der Waals surface area contributed by atoms with E-state index in [0.717, 1.165) is 38.2 Å². The Morgan fingerprint density at radius 3 is 2.29 bits per heavy atom. The van der Waals surface area contributed by atoms with E-state index in [2.05, 4.69) is 4.84 Å². The molecule has 0 saturated heterocycles. The maximum absolute atomic E-state index is 13.0. The molecule has 1 amide bonds. The second-order valence-corrected chi connectivity index (χ2v) is 7.18. The Balaban J connectivity index is 2.23. The highest BCUT2D eigenvalue weighted by atomic mass is 32.2. The van der Waals surface area contributed by atoms with Crippen molar-refractivity contribution in [3.63, 3.8) is 0 Å². The Hall–Kier alpha value is -1.47. The number of carbonyl (C=O) groups is 1. The second-order valence-electron chi connectivity index (χ2n) is 5.38. The van der Waals surface area contributed by atoms with E-state index in [9.17, 15) is 17.6 Å². The summed E-state index contributed by atoms with van der Waals surface area (Å²) >= 11 is 0. The normalized spacial score (nSPS) is 17.1. The smallest absolute Gasteiger partial charge is 0.262 e. The molecule has 116 valence electrons. The molecule has 0 spiro atoms. The summed E-state index contributed by atoms with van der Waals surface area (Å²) in [6.45, 7) is 0. The Labute approximate surface area is 123 Å². The molecule has 0 unspecified atom stereocenters. The fourth-order valence-electron chi connectivity index (χ4n) is 2.75. The SMILES string of the molecule is CON(C(=O)CC1(c2ccc(F)cc2)CCC1)S(C)(=O)=O. The van der Waals surface area contributed by atoms with Gasteiger partial charge in [-0.05, 0) is 30.5 Å². The van der Waals surface area contributed by atoms with Gasteiger partial charge in [0, 0.05) is 11.8 Å². The minimum atomic E-state index is -3.76. The minimum Gasteiger partial charge on any atom is -0.271 e. The van der Waals surface area contributed by atoms with Crippen LogP contribution in [0.15, 0.2) is 24.3 Å². The van der Waals surface area contributed by atoms with Gasteiger partial charge in [-0.1, -0.05) is 18.6 Å². The number of rotatable bonds is 5. The van der Waals surface area contributed by atoms with E-state index in [-0.39, 0.29) is 12.2 Å². The molecule has 5 nitrogen and oxygen atoms in total. The molecule has 0 aromatic heterocycles. The fourth-order valence-corrected chi connectivity index (χ4v) is 3.46. The highest BCUT2D eigenvalue weighted by Crippen LogP contribution is 2.46. The molecule has 21 heavy (non-hydrogen) atoms. The summed E-state index contributed by atoms with van der Waals surface area (Å²) in [6, 6.07) is 6.01. The third-order valence-corrected chi connectivity index (χ3v) is 4.88. The first-order chi connectivity index (χ1) is 9.78. The molecule has 0 aliphatic heterocycles. The van der Waals surface area contributed by atoms with Crippen LogP contribution in [-0.2, 0) is 25.1 Å². The topological polar surface area (TPSA) is 63.7 Å². The summed E-state index contributed by atoms with van der Waals surface area (Å²) in [7, 11) is -2.61. The summed E-state index contributed by atoms with van der Waals surface area (Å²) in [5, 5.41) is 0. The summed E-state index contributed by atoms with van der Waals surface area (Å²) < 4.78 is 36.5. The molecule has 1 aromatic rings. The summed E-state index contributed by atoms with van der Waals surface area (Å²) in [6.07, 6.45) is 3.44. The van der Waals surface area contributed by atoms with Crippen LogP contribution in [-0.4, -0.2) is 32.2 Å². The standard InChI is InChI=1S/C14H18FNO4S/c1-20-16(21(2,18)19)13(17)10-14(8-3-9-14)11-4-6-12(15)7-5-11/h4-7H,3,8-10H2,1-2H3. The van der Waals surface area contributed by atoms with Crippen LogP contribution in [0.5, 0.6) is 0 Å². The maximum Gasteiger partial charge on any atom is 0.262 e. The molecule has 7 heteroatoms. The molecule has 2 rings (SSSR count). The van der Waals surface area contributed by atoms with Crippen LogP contribution in [0.1, 0.15) is 31.2 Å². The van der Waals surface area contributed by atoms with Crippen molar-refractivity contribution >= 4 is 15.9 Å². The van der Waals surface area contributed by atoms with Gasteiger partial charge in [0.05, 0.1) is 13.4 Å². The van der Waals surface area contributed by atoms with Gasteiger partial charge in [0.1, 0.15) is 5.82 Å². The first-order valence-electron chi connectivity index (χ1n) is 6.62. The Kier molecular flexibility index (Phi) is 4.34. The molecule has 0 bridgehead atoms. The zero-order chi connectivity index (χ0) is 15.7. The van der Waals surface area contributed by atoms with E-state index >= 15 is 0 Å². The van der Waals surface area contributed by atoms with Crippen LogP contribution in [0, 0.1) is 5.82 Å². The molecular weight excluding hydrogens is 297 g/mol. The number of nitrogens with zero attached hydrogens (tertiary/aromatic N) is 1. The molecule has 0 heterocycles. The molecule has 1 fully saturated rings. The van der Waals surface area contributed by atoms with Crippen molar-refractivity contribution in [3.8, 4) is 0 Å². The zero-order valence-electron chi connectivity index (χ0n) is 12.0. The number of carbonyl (C=O) groups excluding carboxylic acids is 1. The molecule has 1 aliphatic rings. The number of halogens is 1. The van der Waals surface area contributed by atoms with Gasteiger partial charge in [0.25, 0.3) is 15.9 Å². The Morgan fingerprint density at radius 1 is 1.33 bits per heavy atom. The van der Waals surface area contributed by atoms with Crippen LogP contribution in [0.3, 0.4) is 0 Å². The third-order valence-electron chi connectivity index (χ3n) is 3.93. The number of sulfonamides is 1. The molecular formula is C14H18FNO4S. The van der Waals surface area contributed by atoms with Crippen LogP contribution >= 0.6 is 0 Å². The van der Waals surface area contributed by atoms with Gasteiger partial charge in [0.2, 0.25) is 0 Å². The lowest BCUT2D eigenvalue weighted by molar-refractivity contribution is -0.154. The first kappa shape index (κ1) is 15.9. The van der Waals surface area contributed by atoms with Crippen molar-refractivity contribution in [2.75, 3.05) is 13.4 Å². The lowest BCUT2D eigenvalue weighted by Gasteiger charge is -2.42. The highest BCUT2D eigenvalue weighted by molar-refractivity contribution is 7.88. The van der Waals surface area contributed by atoms with E-state index in [1.54, 1.807) is 12.1 Å². The van der Waals surface area contributed by atoms with Crippen LogP contribution in [0.4, 0.5) is 4.39 Å². The van der Waals surface area contributed by atoms with Crippen molar-refractivity contribution in [3.05, 3.63) is 35.6 Å². The van der Waals surface area contributed by atoms with Gasteiger partial charge < -0.3 is 0 Å². The first-order valence-corrected chi connectivity index (χ1v) is 8.47. The van der Waals surface area contributed by atoms with Crippen molar-refractivity contribution in [1.29, 1.82) is 0 Å². The molecule has 1 aliphatic carbocycles. The quantitative estimate of drug-likeness (QED) is 0.780. The zero-order valence-corrected chi connectivity index (χ0v) is 12.8. The Morgan fingerprint density at radius 2 is 1.90 bits per heavy atom. The molecule has 0 radical (unpaired) electrons. The highest BCUT2D eigenvalue weighted by Gasteiger charge is 2.42. The summed E-state index contributed by atoms with van der Waals surface area (Å²) in [5.74, 6) is -0.946. The number of amides is 1. The molecule has 0 N–H and O–H groups in total. The van der Waals surface area contributed by atoms with Crippen LogP contribution in [0.2, 0.25) is 0 Å². The van der Waals surface area contributed by atoms with E-state index in [4.69, 9.17) is 0 Å². The minimum absolute atomic E-state index is 0.0273. The van der Waals surface area contributed by atoms with Crippen molar-refractivity contribution < 1.29 is 22.4 Å². The van der Waals surface area contributed by atoms with Gasteiger partial charge in [-0.25, -0.2) is 12.8 Å². The average Bonchev–Trinajstić information content (AvgIpc) is 2.34. The Bertz CT molecular complexity index is 623. The van der Waals surface area contributed by atoms with Crippen molar-refractivity contribution in [1.82, 2.24) is 4.47 Å². The van der Waals surface area contributed by atoms with E-state index in [0.29, 0.717) is 4.47 Å². The fraction of sp³-hybridized carbons (Fsp3) is 0.500. The van der Waals surface area contributed by atoms with Gasteiger partial charge in [-0.2, -0.15) is 0 Å². The summed E-state index contributed by atoms with van der Waals surface area (Å²) in [4.78, 5) is 16.9. The van der Waals surface area contributed by atoms with Crippen molar-refractivity contribution in [2.24, 2.45) is 0 Å². The number of hydrogen-bond acceptors (Lipinski definition) is 4. The largest absolute Gasteiger partial charge is 0.271 e. The molecule has 1 saturated carbocycles. The molecule has 0 atom stereocenters. The van der Waals surface area contributed by atoms with Crippen LogP contribution < -0.4 is 0 Å². The van der Waals surface area contributed by atoms with Gasteiger partial charge in [-0.3, -0.25) is 9.63 Å². The lowest BCUT2D eigenvalue weighted by Crippen LogP contribution is -2.43. The van der Waals surface area contributed by atoms with E-state index in [1.165, 1.54) is 12.1 Å². The van der Waals surface area contributed by atoms with E-state index < -0.39 is 21.3 Å². The third kappa shape index (κ3) is 3.24. The van der Waals surface area contributed by atoms with Gasteiger partial charge in [0.15, 0.2) is 0 Å². The maximum atomic E-state index is 13.0. The molecule has 1 aromatic carbocycles. The average molecular weight is 315 g/mol. The summed E-state index contributed by atoms with van der Waals surface area (Å²) in [5.41, 5.74) is 0.430. The van der Waals surface area contributed by atoms with Crippen molar-refractivity contribution in [2.45, 2.75) is 31.1 Å². The number of hydroxylamine groups is 1. The predicted molar refractivity (Wildman–Crippen MR) is 75.2 cm³/mol. The lowest BCUT2D eigenvalue weighted by atomic mass is 9.62. The van der Waals surface area contributed by atoms with Gasteiger partial charge in [-0.15, -0.1) is 4.47 Å². The van der Waals surface area contributed by atoms with Gasteiger partial charge >= 0.3 is 0 Å². The predicted octanol–water partition coefficient (Wildman–Crippen LogP) is 1.99. The monoisotopic (exact) mass is 315 g/mol. The van der Waals surface area contributed by atoms with Crippen LogP contribution in [0.25, 0.3) is 0 Å².